The first-order valence-electron chi connectivity index (χ1n) is 8.53. The Morgan fingerprint density at radius 3 is 2.46 bits per heavy atom. The molecule has 0 fully saturated rings. The van der Waals surface area contributed by atoms with Crippen molar-refractivity contribution in [1.29, 1.82) is 0 Å². The molecule has 0 unspecified atom stereocenters. The van der Waals surface area contributed by atoms with Gasteiger partial charge in [-0.2, -0.15) is 0 Å². The van der Waals surface area contributed by atoms with Crippen LogP contribution in [0.1, 0.15) is 16.7 Å². The van der Waals surface area contributed by atoms with Crippen LogP contribution in [-0.2, 0) is 4.79 Å². The van der Waals surface area contributed by atoms with E-state index in [9.17, 15) is 14.9 Å². The average Bonchev–Trinajstić information content (AvgIpc) is 2.69. The fourth-order valence-electron chi connectivity index (χ4n) is 2.75. The van der Waals surface area contributed by atoms with Crippen molar-refractivity contribution in [2.75, 3.05) is 5.32 Å². The third kappa shape index (κ3) is 4.64. The van der Waals surface area contributed by atoms with Gasteiger partial charge in [-0.15, -0.1) is 0 Å². The van der Waals surface area contributed by atoms with Gasteiger partial charge in [0.25, 0.3) is 11.6 Å². The quantitative estimate of drug-likeness (QED) is 0.260. The van der Waals surface area contributed by atoms with E-state index >= 15 is 0 Å². The van der Waals surface area contributed by atoms with Crippen LogP contribution in [0.3, 0.4) is 0 Å². The molecule has 0 saturated heterocycles. The standard InChI is InChI=1S/C22H17ClN2O3/c1-15-12-18(23)10-11-21(15)24-22(26)20(17-7-3-2-4-8-17)14-16-6-5-9-19(13-16)25(27)28/h2-14H,1H3,(H,24,26). The maximum absolute atomic E-state index is 13.0. The number of non-ortho nitro benzene ring substituents is 1. The highest BCUT2D eigenvalue weighted by atomic mass is 35.5. The molecule has 0 aromatic heterocycles. The van der Waals surface area contributed by atoms with Crippen molar-refractivity contribution in [3.05, 3.63) is 105 Å². The number of hydrogen-bond acceptors (Lipinski definition) is 3. The van der Waals surface area contributed by atoms with Crippen molar-refractivity contribution >= 4 is 40.5 Å². The second-order valence-electron chi connectivity index (χ2n) is 6.19. The van der Waals surface area contributed by atoms with Crippen molar-refractivity contribution < 1.29 is 9.72 Å². The van der Waals surface area contributed by atoms with Crippen molar-refractivity contribution in [1.82, 2.24) is 0 Å². The molecule has 1 N–H and O–H groups in total. The summed E-state index contributed by atoms with van der Waals surface area (Å²) in [7, 11) is 0. The molecule has 0 aliphatic carbocycles. The minimum Gasteiger partial charge on any atom is -0.322 e. The van der Waals surface area contributed by atoms with Gasteiger partial charge in [-0.25, -0.2) is 0 Å². The molecule has 28 heavy (non-hydrogen) atoms. The van der Waals surface area contributed by atoms with E-state index in [0.717, 1.165) is 5.56 Å². The Morgan fingerprint density at radius 1 is 1.04 bits per heavy atom. The first-order chi connectivity index (χ1) is 13.4. The molecule has 3 aromatic carbocycles. The maximum Gasteiger partial charge on any atom is 0.270 e. The number of nitrogens with zero attached hydrogens (tertiary/aromatic N) is 1. The number of nitro groups is 1. The third-order valence-corrected chi connectivity index (χ3v) is 4.39. The molecule has 0 atom stereocenters. The van der Waals surface area contributed by atoms with Crippen LogP contribution in [0.15, 0.2) is 72.8 Å². The van der Waals surface area contributed by atoms with E-state index in [1.54, 1.807) is 36.4 Å². The first kappa shape index (κ1) is 19.3. The SMILES string of the molecule is Cc1cc(Cl)ccc1NC(=O)C(=Cc1cccc([N+](=O)[O-])c1)c1ccccc1. The molecular weight excluding hydrogens is 376 g/mol. The van der Waals surface area contributed by atoms with E-state index in [4.69, 9.17) is 11.6 Å². The van der Waals surface area contributed by atoms with Crippen LogP contribution < -0.4 is 5.32 Å². The second kappa shape index (κ2) is 8.50. The predicted octanol–water partition coefficient (Wildman–Crippen LogP) is 5.74. The summed E-state index contributed by atoms with van der Waals surface area (Å²) in [5.41, 5.74) is 3.12. The number of nitro benzene ring substituents is 1. The van der Waals surface area contributed by atoms with Gasteiger partial charge in [-0.1, -0.05) is 54.1 Å². The molecule has 5 nitrogen and oxygen atoms in total. The van der Waals surface area contributed by atoms with Crippen LogP contribution in [0.5, 0.6) is 0 Å². The van der Waals surface area contributed by atoms with E-state index in [2.05, 4.69) is 5.32 Å². The fourth-order valence-corrected chi connectivity index (χ4v) is 2.98. The largest absolute Gasteiger partial charge is 0.322 e. The molecule has 140 valence electrons. The summed E-state index contributed by atoms with van der Waals surface area (Å²) in [5, 5.41) is 14.5. The van der Waals surface area contributed by atoms with Gasteiger partial charge in [0.05, 0.1) is 4.92 Å². The van der Waals surface area contributed by atoms with Crippen molar-refractivity contribution in [2.24, 2.45) is 0 Å². The number of benzene rings is 3. The number of nitrogens with one attached hydrogen (secondary N) is 1. The van der Waals surface area contributed by atoms with Crippen LogP contribution in [0.2, 0.25) is 5.02 Å². The topological polar surface area (TPSA) is 72.2 Å². The van der Waals surface area contributed by atoms with Gasteiger partial charge in [0.1, 0.15) is 0 Å². The number of rotatable bonds is 5. The minimum absolute atomic E-state index is 0.0323. The molecule has 0 aliphatic rings. The van der Waals surface area contributed by atoms with Gasteiger partial charge in [0.15, 0.2) is 0 Å². The average molecular weight is 393 g/mol. The van der Waals surface area contributed by atoms with Gasteiger partial charge in [0.2, 0.25) is 0 Å². The van der Waals surface area contributed by atoms with E-state index < -0.39 is 4.92 Å². The maximum atomic E-state index is 13.0. The van der Waals surface area contributed by atoms with Gasteiger partial charge in [-0.05, 0) is 47.9 Å². The summed E-state index contributed by atoms with van der Waals surface area (Å²) in [6.07, 6.45) is 1.64. The van der Waals surface area contributed by atoms with E-state index in [1.807, 2.05) is 37.3 Å². The first-order valence-corrected chi connectivity index (χ1v) is 8.91. The van der Waals surface area contributed by atoms with Gasteiger partial charge < -0.3 is 5.32 Å². The molecular formula is C22H17ClN2O3. The van der Waals surface area contributed by atoms with Crippen LogP contribution in [-0.4, -0.2) is 10.8 Å². The molecule has 6 heteroatoms. The highest BCUT2D eigenvalue weighted by molar-refractivity contribution is 6.31. The molecule has 3 aromatic rings. The summed E-state index contributed by atoms with van der Waals surface area (Å²) >= 11 is 5.98. The zero-order valence-corrected chi connectivity index (χ0v) is 15.8. The van der Waals surface area contributed by atoms with Gasteiger partial charge in [0, 0.05) is 28.4 Å². The lowest BCUT2D eigenvalue weighted by atomic mass is 10.0. The van der Waals surface area contributed by atoms with Crippen LogP contribution in [0.4, 0.5) is 11.4 Å². The number of aryl methyl sites for hydroxylation is 1. The molecule has 0 heterocycles. The second-order valence-corrected chi connectivity index (χ2v) is 6.63. The zero-order chi connectivity index (χ0) is 20.1. The smallest absolute Gasteiger partial charge is 0.270 e. The van der Waals surface area contributed by atoms with E-state index in [-0.39, 0.29) is 11.6 Å². The summed E-state index contributed by atoms with van der Waals surface area (Å²) in [6, 6.07) is 20.5. The summed E-state index contributed by atoms with van der Waals surface area (Å²) in [4.78, 5) is 23.6. The number of carbonyl (C=O) groups excluding carboxylic acids is 1. The number of halogens is 1. The molecule has 1 amide bonds. The predicted molar refractivity (Wildman–Crippen MR) is 112 cm³/mol. The highest BCUT2D eigenvalue weighted by Crippen LogP contribution is 2.25. The lowest BCUT2D eigenvalue weighted by Gasteiger charge is -2.12. The van der Waals surface area contributed by atoms with Gasteiger partial charge >= 0.3 is 0 Å². The zero-order valence-electron chi connectivity index (χ0n) is 15.1. The summed E-state index contributed by atoms with van der Waals surface area (Å²) < 4.78 is 0. The van der Waals surface area contributed by atoms with Crippen molar-refractivity contribution in [3.8, 4) is 0 Å². The molecule has 3 rings (SSSR count). The number of carbonyl (C=O) groups is 1. The highest BCUT2D eigenvalue weighted by Gasteiger charge is 2.14. The summed E-state index contributed by atoms with van der Waals surface area (Å²) in [5.74, 6) is -0.317. The molecule has 0 aliphatic heterocycles. The van der Waals surface area contributed by atoms with Crippen molar-refractivity contribution in [2.45, 2.75) is 6.92 Å². The number of hydrogen-bond donors (Lipinski definition) is 1. The lowest BCUT2D eigenvalue weighted by Crippen LogP contribution is -2.14. The monoisotopic (exact) mass is 392 g/mol. The molecule has 0 saturated carbocycles. The van der Waals surface area contributed by atoms with Crippen LogP contribution in [0, 0.1) is 17.0 Å². The molecule has 0 spiro atoms. The van der Waals surface area contributed by atoms with Crippen molar-refractivity contribution in [3.63, 3.8) is 0 Å². The Morgan fingerprint density at radius 2 is 1.79 bits per heavy atom. The van der Waals surface area contributed by atoms with Crippen LogP contribution >= 0.6 is 11.6 Å². The third-order valence-electron chi connectivity index (χ3n) is 4.16. The Bertz CT molecular complexity index is 1060. The Kier molecular flexibility index (Phi) is 5.87. The molecule has 0 radical (unpaired) electrons. The van der Waals surface area contributed by atoms with E-state index in [1.165, 1.54) is 12.1 Å². The van der Waals surface area contributed by atoms with Gasteiger partial charge in [-0.3, -0.25) is 14.9 Å². The number of amides is 1. The normalized spacial score (nSPS) is 11.1. The Hall–Kier alpha value is -3.44. The van der Waals surface area contributed by atoms with E-state index in [0.29, 0.717) is 27.4 Å². The number of anilines is 1. The lowest BCUT2D eigenvalue weighted by molar-refractivity contribution is -0.384. The molecule has 0 bridgehead atoms. The van der Waals surface area contributed by atoms with Crippen LogP contribution in [0.25, 0.3) is 11.6 Å². The fraction of sp³-hybridized carbons (Fsp3) is 0.0455. The minimum atomic E-state index is -0.462. The Balaban J connectivity index is 2.01. The summed E-state index contributed by atoms with van der Waals surface area (Å²) in [6.45, 7) is 1.86. The Labute approximate surface area is 167 Å².